The maximum atomic E-state index is 13.0. The molecule has 2 fully saturated rings. The number of ether oxygens (including phenoxy) is 3. The van der Waals surface area contributed by atoms with E-state index < -0.39 is 27.7 Å². The first-order valence-electron chi connectivity index (χ1n) is 7.31. The summed E-state index contributed by atoms with van der Waals surface area (Å²) >= 11 is 1.87. The minimum Gasteiger partial charge on any atom is -0.435 e. The summed E-state index contributed by atoms with van der Waals surface area (Å²) in [6.07, 6.45) is -0.353. The number of hydrogen-bond acceptors (Lipinski definition) is 6. The summed E-state index contributed by atoms with van der Waals surface area (Å²) in [6.45, 7) is 4.72. The number of hydrogen-bond donors (Lipinski definition) is 0. The van der Waals surface area contributed by atoms with Gasteiger partial charge in [-0.1, -0.05) is 29.5 Å². The fourth-order valence-electron chi connectivity index (χ4n) is 3.28. The molecule has 0 amide bonds. The first kappa shape index (κ1) is 17.8. The van der Waals surface area contributed by atoms with Crippen LogP contribution in [0, 0.1) is 11.3 Å². The Labute approximate surface area is 143 Å². The molecule has 0 aromatic rings. The Morgan fingerprint density at radius 2 is 2.05 bits per heavy atom. The standard InChI is InChI=1S/C15H21IO6/c1-7-9-5-6-10(22-9)15(3,13(19)11(16)12(7)18)14(20-4)21-8(2)17/h7,9-11,14H,5-6H2,1-4H3/t7-,9+,10-,11-,14-,15-/m1/s1. The van der Waals surface area contributed by atoms with Crippen LogP contribution >= 0.6 is 22.6 Å². The van der Waals surface area contributed by atoms with Crippen LogP contribution in [0.25, 0.3) is 0 Å². The fourth-order valence-corrected chi connectivity index (χ4v) is 4.52. The predicted octanol–water partition coefficient (Wildman–Crippen LogP) is 1.67. The van der Waals surface area contributed by atoms with Gasteiger partial charge in [0.2, 0.25) is 6.29 Å². The number of fused-ring (bicyclic) bond motifs is 2. The van der Waals surface area contributed by atoms with E-state index in [-0.39, 0.29) is 23.6 Å². The lowest BCUT2D eigenvalue weighted by Crippen LogP contribution is -2.57. The van der Waals surface area contributed by atoms with E-state index in [1.807, 2.05) is 22.6 Å². The van der Waals surface area contributed by atoms with Gasteiger partial charge in [-0.3, -0.25) is 14.4 Å². The second-order valence-corrected chi connectivity index (χ2v) is 7.36. The van der Waals surface area contributed by atoms with Gasteiger partial charge in [0, 0.05) is 20.0 Å². The Kier molecular flexibility index (Phi) is 5.28. The van der Waals surface area contributed by atoms with E-state index in [1.165, 1.54) is 14.0 Å². The molecule has 124 valence electrons. The molecule has 6 nitrogen and oxygen atoms in total. The van der Waals surface area contributed by atoms with Crippen molar-refractivity contribution >= 4 is 40.1 Å². The number of carbonyl (C=O) groups is 3. The maximum absolute atomic E-state index is 13.0. The van der Waals surface area contributed by atoms with Gasteiger partial charge in [-0.05, 0) is 19.8 Å². The fraction of sp³-hybridized carbons (Fsp3) is 0.800. The lowest BCUT2D eigenvalue weighted by Gasteiger charge is -2.41. The maximum Gasteiger partial charge on any atom is 0.304 e. The topological polar surface area (TPSA) is 78.9 Å². The molecule has 0 N–H and O–H groups in total. The summed E-state index contributed by atoms with van der Waals surface area (Å²) in [5.74, 6) is -1.29. The third-order valence-corrected chi connectivity index (χ3v) is 5.89. The van der Waals surface area contributed by atoms with Crippen molar-refractivity contribution in [2.45, 2.75) is 56.0 Å². The number of halogens is 1. The smallest absolute Gasteiger partial charge is 0.304 e. The normalized spacial score (nSPS) is 40.0. The van der Waals surface area contributed by atoms with Crippen LogP contribution in [0.5, 0.6) is 0 Å². The Morgan fingerprint density at radius 1 is 1.41 bits per heavy atom. The minimum atomic E-state index is -1.20. The average Bonchev–Trinajstić information content (AvgIpc) is 2.98. The summed E-state index contributed by atoms with van der Waals surface area (Å²) < 4.78 is 15.6. The highest BCUT2D eigenvalue weighted by Gasteiger charge is 2.58. The SMILES string of the molecule is CO[C@H](OC(C)=O)[C@@]1(C)C(=O)[C@H](I)C(=O)[C@H](C)[C@@H]2CC[C@H]1O2. The second-order valence-electron chi connectivity index (χ2n) is 6.12. The summed E-state index contributed by atoms with van der Waals surface area (Å²) in [6, 6.07) is 0. The molecule has 0 saturated carbocycles. The van der Waals surface area contributed by atoms with E-state index in [0.29, 0.717) is 12.8 Å². The van der Waals surface area contributed by atoms with Crippen LogP contribution in [0.15, 0.2) is 0 Å². The Balaban J connectivity index is 2.44. The van der Waals surface area contributed by atoms with Crippen molar-refractivity contribution in [3.63, 3.8) is 0 Å². The van der Waals surface area contributed by atoms with Crippen molar-refractivity contribution in [2.75, 3.05) is 7.11 Å². The van der Waals surface area contributed by atoms with Gasteiger partial charge >= 0.3 is 5.97 Å². The molecule has 0 unspecified atom stereocenters. The largest absolute Gasteiger partial charge is 0.435 e. The monoisotopic (exact) mass is 424 g/mol. The molecule has 22 heavy (non-hydrogen) atoms. The van der Waals surface area contributed by atoms with Crippen LogP contribution in [0.4, 0.5) is 0 Å². The highest BCUT2D eigenvalue weighted by atomic mass is 127. The zero-order valence-corrected chi connectivity index (χ0v) is 15.3. The van der Waals surface area contributed by atoms with Gasteiger partial charge in [0.05, 0.1) is 12.2 Å². The van der Waals surface area contributed by atoms with Gasteiger partial charge in [0.25, 0.3) is 0 Å². The van der Waals surface area contributed by atoms with Crippen LogP contribution < -0.4 is 0 Å². The minimum absolute atomic E-state index is 0.139. The first-order valence-corrected chi connectivity index (χ1v) is 8.55. The van der Waals surface area contributed by atoms with E-state index >= 15 is 0 Å². The molecule has 0 spiro atoms. The highest BCUT2D eigenvalue weighted by Crippen LogP contribution is 2.45. The van der Waals surface area contributed by atoms with Gasteiger partial charge in [-0.15, -0.1) is 0 Å². The quantitative estimate of drug-likeness (QED) is 0.226. The third kappa shape index (κ3) is 2.82. The zero-order valence-electron chi connectivity index (χ0n) is 13.1. The second kappa shape index (κ2) is 6.52. The lowest BCUT2D eigenvalue weighted by atomic mass is 9.75. The molecule has 0 aliphatic carbocycles. The molecular weight excluding hydrogens is 403 g/mol. The highest BCUT2D eigenvalue weighted by molar-refractivity contribution is 14.1. The van der Waals surface area contributed by atoms with Crippen LogP contribution in [-0.2, 0) is 28.6 Å². The number of esters is 1. The molecule has 2 aliphatic rings. The van der Waals surface area contributed by atoms with Crippen molar-refractivity contribution in [1.29, 1.82) is 0 Å². The summed E-state index contributed by atoms with van der Waals surface area (Å²) in [5.41, 5.74) is -1.20. The number of Topliss-reactive ketones (excluding diaryl/α,β-unsaturated/α-hetero) is 2. The third-order valence-electron chi connectivity index (χ3n) is 4.72. The molecule has 7 heteroatoms. The molecule has 2 heterocycles. The summed E-state index contributed by atoms with van der Waals surface area (Å²) in [5, 5.41) is 0. The molecule has 0 aromatic heterocycles. The van der Waals surface area contributed by atoms with E-state index in [2.05, 4.69) is 0 Å². The van der Waals surface area contributed by atoms with Gasteiger partial charge in [0.1, 0.15) is 9.34 Å². The Bertz CT molecular complexity index is 492. The molecule has 2 saturated heterocycles. The zero-order chi connectivity index (χ0) is 16.7. The number of rotatable bonds is 3. The van der Waals surface area contributed by atoms with E-state index in [4.69, 9.17) is 14.2 Å². The lowest BCUT2D eigenvalue weighted by molar-refractivity contribution is -0.219. The van der Waals surface area contributed by atoms with Crippen molar-refractivity contribution in [1.82, 2.24) is 0 Å². The van der Waals surface area contributed by atoms with Gasteiger partial charge in [0.15, 0.2) is 11.6 Å². The summed E-state index contributed by atoms with van der Waals surface area (Å²) in [7, 11) is 1.38. The van der Waals surface area contributed by atoms with E-state index in [1.54, 1.807) is 13.8 Å². The molecule has 0 radical (unpaired) electrons. The molecule has 0 aromatic carbocycles. The van der Waals surface area contributed by atoms with Crippen molar-refractivity contribution in [2.24, 2.45) is 11.3 Å². The van der Waals surface area contributed by atoms with Crippen molar-refractivity contribution in [3.8, 4) is 0 Å². The van der Waals surface area contributed by atoms with Crippen molar-refractivity contribution in [3.05, 3.63) is 0 Å². The number of alkyl halides is 1. The molecular formula is C15H21IO6. The van der Waals surface area contributed by atoms with Gasteiger partial charge < -0.3 is 14.2 Å². The predicted molar refractivity (Wildman–Crippen MR) is 85.6 cm³/mol. The Morgan fingerprint density at radius 3 is 2.59 bits per heavy atom. The summed E-state index contributed by atoms with van der Waals surface area (Å²) in [4.78, 5) is 36.8. The number of methoxy groups -OCH3 is 1. The molecule has 2 rings (SSSR count). The molecule has 6 atom stereocenters. The van der Waals surface area contributed by atoms with E-state index in [9.17, 15) is 14.4 Å². The van der Waals surface area contributed by atoms with Gasteiger partial charge in [-0.2, -0.15) is 0 Å². The van der Waals surface area contributed by atoms with Crippen LogP contribution in [-0.4, -0.2) is 47.1 Å². The average molecular weight is 424 g/mol. The van der Waals surface area contributed by atoms with Crippen LogP contribution in [0.3, 0.4) is 0 Å². The molecule has 2 aliphatic heterocycles. The van der Waals surface area contributed by atoms with Crippen molar-refractivity contribution < 1.29 is 28.6 Å². The van der Waals surface area contributed by atoms with Gasteiger partial charge in [-0.25, -0.2) is 0 Å². The number of carbonyl (C=O) groups excluding carboxylic acids is 3. The number of ketones is 2. The Hall–Kier alpha value is -0.540. The first-order chi connectivity index (χ1) is 10.2. The van der Waals surface area contributed by atoms with E-state index in [0.717, 1.165) is 0 Å². The molecule has 2 bridgehead atoms. The van der Waals surface area contributed by atoms with Crippen LogP contribution in [0.2, 0.25) is 0 Å². The van der Waals surface area contributed by atoms with Crippen LogP contribution in [0.1, 0.15) is 33.6 Å².